The van der Waals surface area contributed by atoms with Crippen molar-refractivity contribution in [3.63, 3.8) is 0 Å². The second-order valence-corrected chi connectivity index (χ2v) is 7.38. The fourth-order valence-corrected chi connectivity index (χ4v) is 3.55. The molecule has 2 aromatic heterocycles. The number of piperidine rings is 1. The zero-order valence-corrected chi connectivity index (χ0v) is 14.9. The van der Waals surface area contributed by atoms with Crippen LogP contribution >= 0.6 is 0 Å². The molecule has 7 nitrogen and oxygen atoms in total. The second-order valence-electron chi connectivity index (χ2n) is 7.38. The van der Waals surface area contributed by atoms with Crippen LogP contribution in [0.15, 0.2) is 36.8 Å². The van der Waals surface area contributed by atoms with Crippen LogP contribution < -0.4 is 5.32 Å². The van der Waals surface area contributed by atoms with Gasteiger partial charge in [0.2, 0.25) is 5.91 Å². The van der Waals surface area contributed by atoms with Gasteiger partial charge in [-0.1, -0.05) is 0 Å². The minimum atomic E-state index is -0.540. The first kappa shape index (κ1) is 16.8. The van der Waals surface area contributed by atoms with Crippen LogP contribution in [0.1, 0.15) is 43.0 Å². The summed E-state index contributed by atoms with van der Waals surface area (Å²) >= 11 is 0. The molecule has 1 spiro atoms. The van der Waals surface area contributed by atoms with Crippen LogP contribution in [0.4, 0.5) is 0 Å². The van der Waals surface area contributed by atoms with Crippen molar-refractivity contribution in [1.29, 1.82) is 0 Å². The topological polar surface area (TPSA) is 80.1 Å². The lowest BCUT2D eigenvalue weighted by Gasteiger charge is -2.33. The third kappa shape index (κ3) is 3.34. The Kier molecular flexibility index (Phi) is 4.22. The normalized spacial score (nSPS) is 19.2. The van der Waals surface area contributed by atoms with E-state index in [1.165, 1.54) is 19.0 Å². The predicted molar refractivity (Wildman–Crippen MR) is 95.8 cm³/mol. The van der Waals surface area contributed by atoms with Crippen molar-refractivity contribution in [1.82, 2.24) is 25.0 Å². The number of aromatic nitrogens is 3. The van der Waals surface area contributed by atoms with Crippen LogP contribution in [-0.4, -0.2) is 50.6 Å². The molecule has 1 N–H and O–H groups in total. The quantitative estimate of drug-likeness (QED) is 0.909. The molecule has 2 fully saturated rings. The number of likely N-dealkylation sites (tertiary alicyclic amines) is 1. The van der Waals surface area contributed by atoms with E-state index in [1.807, 2.05) is 4.90 Å². The first-order chi connectivity index (χ1) is 12.6. The van der Waals surface area contributed by atoms with E-state index < -0.39 is 6.04 Å². The van der Waals surface area contributed by atoms with E-state index in [1.54, 1.807) is 42.2 Å². The van der Waals surface area contributed by atoms with Crippen LogP contribution in [0.25, 0.3) is 5.82 Å². The van der Waals surface area contributed by atoms with Gasteiger partial charge in [0.25, 0.3) is 5.91 Å². The fraction of sp³-hybridized carbons (Fsp3) is 0.474. The van der Waals surface area contributed by atoms with Gasteiger partial charge in [-0.3, -0.25) is 9.59 Å². The summed E-state index contributed by atoms with van der Waals surface area (Å²) in [4.78, 5) is 31.1. The molecule has 4 rings (SSSR count). The smallest absolute Gasteiger partial charge is 0.253 e. The molecule has 1 saturated carbocycles. The minimum Gasteiger partial charge on any atom is -0.341 e. The maximum atomic E-state index is 12.6. The Morgan fingerprint density at radius 2 is 1.96 bits per heavy atom. The lowest BCUT2D eigenvalue weighted by molar-refractivity contribution is -0.134. The molecule has 136 valence electrons. The summed E-state index contributed by atoms with van der Waals surface area (Å²) in [5.74, 6) is 0.342. The molecule has 7 heteroatoms. The lowest BCUT2D eigenvalue weighted by Crippen LogP contribution is -2.49. The van der Waals surface area contributed by atoms with Gasteiger partial charge in [-0.2, -0.15) is 5.10 Å². The van der Waals surface area contributed by atoms with E-state index in [0.29, 0.717) is 16.8 Å². The Labute approximate surface area is 152 Å². The number of pyridine rings is 1. The lowest BCUT2D eigenvalue weighted by atomic mass is 9.93. The predicted octanol–water partition coefficient (Wildman–Crippen LogP) is 1.79. The van der Waals surface area contributed by atoms with Crippen LogP contribution in [0.2, 0.25) is 0 Å². The van der Waals surface area contributed by atoms with E-state index in [-0.39, 0.29) is 11.8 Å². The molecule has 1 aliphatic carbocycles. The molecule has 2 amide bonds. The Hall–Kier alpha value is -2.70. The molecule has 0 bridgehead atoms. The fourth-order valence-electron chi connectivity index (χ4n) is 3.55. The molecule has 3 heterocycles. The number of carbonyl (C=O) groups excluding carboxylic acids is 2. The van der Waals surface area contributed by atoms with Crippen molar-refractivity contribution in [2.45, 2.75) is 38.6 Å². The van der Waals surface area contributed by atoms with E-state index >= 15 is 0 Å². The van der Waals surface area contributed by atoms with Crippen molar-refractivity contribution in [3.05, 3.63) is 42.4 Å². The third-order valence-corrected chi connectivity index (χ3v) is 5.56. The molecule has 1 saturated heterocycles. The highest BCUT2D eigenvalue weighted by atomic mass is 16.2. The number of nitrogens with zero attached hydrogens (tertiary/aromatic N) is 4. The Morgan fingerprint density at radius 1 is 1.19 bits per heavy atom. The van der Waals surface area contributed by atoms with Crippen LogP contribution in [0.5, 0.6) is 0 Å². The molecule has 2 aliphatic rings. The Balaban J connectivity index is 1.34. The SMILES string of the molecule is C[C@H](NC(=O)c1ccc(-n2cccn2)nc1)C(=O)N1CCC2(CC1)CC2. The average Bonchev–Trinajstić information content (AvgIpc) is 3.20. The largest absolute Gasteiger partial charge is 0.341 e. The molecular formula is C19H23N5O2. The molecular weight excluding hydrogens is 330 g/mol. The van der Waals surface area contributed by atoms with Gasteiger partial charge < -0.3 is 10.2 Å². The summed E-state index contributed by atoms with van der Waals surface area (Å²) in [5, 5.41) is 6.89. The molecule has 1 atom stereocenters. The van der Waals surface area contributed by atoms with E-state index in [0.717, 1.165) is 25.9 Å². The van der Waals surface area contributed by atoms with Gasteiger partial charge in [-0.25, -0.2) is 9.67 Å². The van der Waals surface area contributed by atoms with Crippen molar-refractivity contribution in [2.24, 2.45) is 5.41 Å². The second kappa shape index (κ2) is 6.55. The van der Waals surface area contributed by atoms with Gasteiger partial charge in [0.1, 0.15) is 6.04 Å². The van der Waals surface area contributed by atoms with Crippen LogP contribution in [0.3, 0.4) is 0 Å². The van der Waals surface area contributed by atoms with E-state index in [4.69, 9.17) is 0 Å². The maximum absolute atomic E-state index is 12.6. The van der Waals surface area contributed by atoms with Crippen molar-refractivity contribution in [3.8, 4) is 5.82 Å². The van der Waals surface area contributed by atoms with Crippen molar-refractivity contribution < 1.29 is 9.59 Å². The molecule has 0 aromatic carbocycles. The number of nitrogens with one attached hydrogen (secondary N) is 1. The maximum Gasteiger partial charge on any atom is 0.253 e. The van der Waals surface area contributed by atoms with E-state index in [9.17, 15) is 9.59 Å². The highest BCUT2D eigenvalue weighted by molar-refractivity contribution is 5.97. The Morgan fingerprint density at radius 3 is 2.54 bits per heavy atom. The van der Waals surface area contributed by atoms with Crippen molar-refractivity contribution >= 4 is 11.8 Å². The van der Waals surface area contributed by atoms with Crippen molar-refractivity contribution in [2.75, 3.05) is 13.1 Å². The molecule has 2 aromatic rings. The number of hydrogen-bond donors (Lipinski definition) is 1. The number of amides is 2. The monoisotopic (exact) mass is 353 g/mol. The first-order valence-electron chi connectivity index (χ1n) is 9.12. The molecule has 0 radical (unpaired) electrons. The summed E-state index contributed by atoms with van der Waals surface area (Å²) in [5.41, 5.74) is 0.960. The third-order valence-electron chi connectivity index (χ3n) is 5.56. The molecule has 1 aliphatic heterocycles. The van der Waals surface area contributed by atoms with Gasteiger partial charge in [0.15, 0.2) is 5.82 Å². The van der Waals surface area contributed by atoms with Gasteiger partial charge >= 0.3 is 0 Å². The highest BCUT2D eigenvalue weighted by Crippen LogP contribution is 2.53. The standard InChI is InChI=1S/C19H23N5O2/c1-14(18(26)23-11-7-19(5-6-19)8-12-23)22-17(25)15-3-4-16(20-13-15)24-10-2-9-21-24/h2-4,9-10,13-14H,5-8,11-12H2,1H3,(H,22,25)/t14-/m0/s1. The highest BCUT2D eigenvalue weighted by Gasteiger charge is 2.45. The summed E-state index contributed by atoms with van der Waals surface area (Å²) in [6, 6.07) is 4.69. The molecule has 0 unspecified atom stereocenters. The number of carbonyl (C=O) groups is 2. The van der Waals surface area contributed by atoms with Gasteiger partial charge in [0.05, 0.1) is 5.56 Å². The van der Waals surface area contributed by atoms with E-state index in [2.05, 4.69) is 15.4 Å². The zero-order chi connectivity index (χ0) is 18.1. The van der Waals surface area contributed by atoms with Crippen LogP contribution in [0, 0.1) is 5.41 Å². The number of rotatable bonds is 4. The summed E-state index contributed by atoms with van der Waals surface area (Å²) in [6.45, 7) is 3.35. The summed E-state index contributed by atoms with van der Waals surface area (Å²) in [7, 11) is 0. The average molecular weight is 353 g/mol. The van der Waals surface area contributed by atoms with Crippen LogP contribution in [-0.2, 0) is 4.79 Å². The minimum absolute atomic E-state index is 0.00466. The van der Waals surface area contributed by atoms with Gasteiger partial charge in [-0.05, 0) is 56.2 Å². The van der Waals surface area contributed by atoms with Gasteiger partial charge in [-0.15, -0.1) is 0 Å². The summed E-state index contributed by atoms with van der Waals surface area (Å²) < 4.78 is 1.62. The zero-order valence-electron chi connectivity index (χ0n) is 14.9. The first-order valence-corrected chi connectivity index (χ1v) is 9.12. The Bertz CT molecular complexity index is 786. The number of hydrogen-bond acceptors (Lipinski definition) is 4. The summed E-state index contributed by atoms with van der Waals surface area (Å²) in [6.07, 6.45) is 9.76. The van der Waals surface area contributed by atoms with Gasteiger partial charge in [0, 0.05) is 31.7 Å². The molecule has 26 heavy (non-hydrogen) atoms.